The van der Waals surface area contributed by atoms with Crippen molar-refractivity contribution in [3.8, 4) is 0 Å². The summed E-state index contributed by atoms with van der Waals surface area (Å²) in [4.78, 5) is 21.7. The highest BCUT2D eigenvalue weighted by atomic mass is 79.9. The van der Waals surface area contributed by atoms with Crippen LogP contribution < -0.4 is 5.32 Å². The summed E-state index contributed by atoms with van der Waals surface area (Å²) in [6.45, 7) is 1.17. The van der Waals surface area contributed by atoms with Crippen molar-refractivity contribution in [3.63, 3.8) is 0 Å². The number of amides is 1. The first-order valence-electron chi connectivity index (χ1n) is 4.36. The van der Waals surface area contributed by atoms with Gasteiger partial charge in [-0.05, 0) is 18.2 Å². The summed E-state index contributed by atoms with van der Waals surface area (Å²) < 4.78 is 13.9. The van der Waals surface area contributed by atoms with E-state index in [1.807, 2.05) is 0 Å². The Bertz CT molecular complexity index is 436. The maximum absolute atomic E-state index is 13.4. The Morgan fingerprint density at radius 3 is 2.62 bits per heavy atom. The lowest BCUT2D eigenvalue weighted by molar-refractivity contribution is -0.141. The Labute approximate surface area is 99.6 Å². The molecule has 1 atom stereocenters. The number of nitrogens with one attached hydrogen (secondary N) is 1. The fraction of sp³-hybridized carbons (Fsp3) is 0.200. The molecule has 0 aromatic heterocycles. The Kier molecular flexibility index (Phi) is 4.00. The summed E-state index contributed by atoms with van der Waals surface area (Å²) in [6.07, 6.45) is 0. The van der Waals surface area contributed by atoms with Crippen molar-refractivity contribution >= 4 is 27.8 Å². The third-order valence-corrected chi connectivity index (χ3v) is 2.36. The molecule has 86 valence electrons. The summed E-state index contributed by atoms with van der Waals surface area (Å²) in [5.74, 6) is -2.52. The lowest BCUT2D eigenvalue weighted by Crippen LogP contribution is -2.32. The standard InChI is InChI=1S/C10H9BrFNO3/c1-5(14)13-9(10(15)16)7-4-6(11)2-3-8(7)12/h2-4,9H,1H3,(H,13,14)(H,15,16). The highest BCUT2D eigenvalue weighted by molar-refractivity contribution is 9.10. The van der Waals surface area contributed by atoms with E-state index in [0.717, 1.165) is 6.07 Å². The number of rotatable bonds is 3. The predicted molar refractivity (Wildman–Crippen MR) is 58.3 cm³/mol. The minimum Gasteiger partial charge on any atom is -0.479 e. The Morgan fingerprint density at radius 2 is 2.12 bits per heavy atom. The van der Waals surface area contributed by atoms with Crippen molar-refractivity contribution in [2.45, 2.75) is 13.0 Å². The van der Waals surface area contributed by atoms with Crippen LogP contribution in [-0.2, 0) is 9.59 Å². The van der Waals surface area contributed by atoms with Gasteiger partial charge in [0.25, 0.3) is 0 Å². The number of carbonyl (C=O) groups is 2. The number of carboxylic acids is 1. The van der Waals surface area contributed by atoms with E-state index >= 15 is 0 Å². The van der Waals surface area contributed by atoms with Gasteiger partial charge in [-0.15, -0.1) is 0 Å². The molecule has 4 nitrogen and oxygen atoms in total. The van der Waals surface area contributed by atoms with Gasteiger partial charge >= 0.3 is 5.97 Å². The third-order valence-electron chi connectivity index (χ3n) is 1.86. The molecular formula is C10H9BrFNO3. The van der Waals surface area contributed by atoms with Crippen molar-refractivity contribution < 1.29 is 19.1 Å². The van der Waals surface area contributed by atoms with Crippen LogP contribution in [0, 0.1) is 5.82 Å². The van der Waals surface area contributed by atoms with Crippen molar-refractivity contribution in [1.29, 1.82) is 0 Å². The van der Waals surface area contributed by atoms with Crippen LogP contribution in [0.4, 0.5) is 4.39 Å². The minimum absolute atomic E-state index is 0.0860. The first-order valence-corrected chi connectivity index (χ1v) is 5.16. The zero-order valence-electron chi connectivity index (χ0n) is 8.33. The maximum Gasteiger partial charge on any atom is 0.331 e. The first-order chi connectivity index (χ1) is 7.41. The van der Waals surface area contributed by atoms with E-state index in [9.17, 15) is 14.0 Å². The number of hydrogen-bond acceptors (Lipinski definition) is 2. The van der Waals surface area contributed by atoms with Crippen LogP contribution in [0.2, 0.25) is 0 Å². The van der Waals surface area contributed by atoms with Gasteiger partial charge in [0.05, 0.1) is 0 Å². The molecule has 1 aromatic rings. The third kappa shape index (κ3) is 3.03. The van der Waals surface area contributed by atoms with E-state index < -0.39 is 23.7 Å². The lowest BCUT2D eigenvalue weighted by Gasteiger charge is -2.14. The van der Waals surface area contributed by atoms with Gasteiger partial charge in [-0.2, -0.15) is 0 Å². The Morgan fingerprint density at radius 1 is 1.50 bits per heavy atom. The number of carboxylic acid groups (broad SMARTS) is 1. The molecule has 1 unspecified atom stereocenters. The Balaban J connectivity index is 3.14. The lowest BCUT2D eigenvalue weighted by atomic mass is 10.1. The molecule has 0 heterocycles. The van der Waals surface area contributed by atoms with Gasteiger partial charge in [0, 0.05) is 17.0 Å². The molecule has 0 bridgehead atoms. The molecule has 1 aromatic carbocycles. The molecule has 0 saturated carbocycles. The first kappa shape index (κ1) is 12.6. The Hall–Kier alpha value is -1.43. The average Bonchev–Trinajstić information content (AvgIpc) is 2.18. The SMILES string of the molecule is CC(=O)NC(C(=O)O)c1cc(Br)ccc1F. The molecule has 0 aliphatic heterocycles. The topological polar surface area (TPSA) is 66.4 Å². The quantitative estimate of drug-likeness (QED) is 0.892. The van der Waals surface area contributed by atoms with Crippen molar-refractivity contribution in [2.75, 3.05) is 0 Å². The maximum atomic E-state index is 13.4. The van der Waals surface area contributed by atoms with Crippen molar-refractivity contribution in [2.24, 2.45) is 0 Å². The van der Waals surface area contributed by atoms with E-state index in [2.05, 4.69) is 21.2 Å². The fourth-order valence-electron chi connectivity index (χ4n) is 1.21. The highest BCUT2D eigenvalue weighted by Gasteiger charge is 2.24. The normalized spacial score (nSPS) is 11.9. The minimum atomic E-state index is -1.38. The second-order valence-electron chi connectivity index (χ2n) is 3.14. The summed E-state index contributed by atoms with van der Waals surface area (Å²) >= 11 is 3.11. The van der Waals surface area contributed by atoms with Crippen LogP contribution in [-0.4, -0.2) is 17.0 Å². The zero-order valence-corrected chi connectivity index (χ0v) is 9.92. The second-order valence-corrected chi connectivity index (χ2v) is 4.05. The van der Waals surface area contributed by atoms with E-state index in [-0.39, 0.29) is 5.56 Å². The number of aliphatic carboxylic acids is 1. The van der Waals surface area contributed by atoms with Gasteiger partial charge in [-0.1, -0.05) is 15.9 Å². The molecule has 1 amide bonds. The van der Waals surface area contributed by atoms with E-state index in [1.54, 1.807) is 0 Å². The zero-order chi connectivity index (χ0) is 12.3. The molecule has 1 rings (SSSR count). The number of carbonyl (C=O) groups excluding carboxylic acids is 1. The molecule has 0 radical (unpaired) electrons. The van der Waals surface area contributed by atoms with Crippen LogP contribution in [0.15, 0.2) is 22.7 Å². The van der Waals surface area contributed by atoms with Gasteiger partial charge in [0.2, 0.25) is 5.91 Å². The van der Waals surface area contributed by atoms with Crippen LogP contribution >= 0.6 is 15.9 Å². The van der Waals surface area contributed by atoms with E-state index in [4.69, 9.17) is 5.11 Å². The summed E-state index contributed by atoms with van der Waals surface area (Å²) in [5.41, 5.74) is -0.0860. The summed E-state index contributed by atoms with van der Waals surface area (Å²) in [5, 5.41) is 11.1. The predicted octanol–water partition coefficient (Wildman–Crippen LogP) is 1.85. The summed E-state index contributed by atoms with van der Waals surface area (Å²) in [7, 11) is 0. The van der Waals surface area contributed by atoms with Gasteiger partial charge in [-0.25, -0.2) is 9.18 Å². The highest BCUT2D eigenvalue weighted by Crippen LogP contribution is 2.22. The number of halogens is 2. The molecule has 0 spiro atoms. The molecule has 0 saturated heterocycles. The van der Waals surface area contributed by atoms with Crippen LogP contribution in [0.3, 0.4) is 0 Å². The van der Waals surface area contributed by atoms with Crippen LogP contribution in [0.1, 0.15) is 18.5 Å². The van der Waals surface area contributed by atoms with Crippen molar-refractivity contribution in [1.82, 2.24) is 5.32 Å². The fourth-order valence-corrected chi connectivity index (χ4v) is 1.59. The molecule has 0 aliphatic carbocycles. The van der Waals surface area contributed by atoms with Gasteiger partial charge in [-0.3, -0.25) is 4.79 Å². The van der Waals surface area contributed by atoms with Crippen molar-refractivity contribution in [3.05, 3.63) is 34.1 Å². The number of benzene rings is 1. The van der Waals surface area contributed by atoms with E-state index in [1.165, 1.54) is 19.1 Å². The van der Waals surface area contributed by atoms with Crippen LogP contribution in [0.25, 0.3) is 0 Å². The van der Waals surface area contributed by atoms with E-state index in [0.29, 0.717) is 4.47 Å². The molecule has 6 heteroatoms. The molecule has 16 heavy (non-hydrogen) atoms. The second kappa shape index (κ2) is 5.07. The van der Waals surface area contributed by atoms with Gasteiger partial charge in [0.15, 0.2) is 6.04 Å². The molecule has 2 N–H and O–H groups in total. The van der Waals surface area contributed by atoms with Gasteiger partial charge in [0.1, 0.15) is 5.82 Å². The number of hydrogen-bond donors (Lipinski definition) is 2. The average molecular weight is 290 g/mol. The smallest absolute Gasteiger partial charge is 0.331 e. The monoisotopic (exact) mass is 289 g/mol. The largest absolute Gasteiger partial charge is 0.479 e. The molecule has 0 aliphatic rings. The molecular weight excluding hydrogens is 281 g/mol. The van der Waals surface area contributed by atoms with Gasteiger partial charge < -0.3 is 10.4 Å². The molecule has 0 fully saturated rings. The summed E-state index contributed by atoms with van der Waals surface area (Å²) in [6, 6.07) is 2.53. The van der Waals surface area contributed by atoms with Crippen LogP contribution in [0.5, 0.6) is 0 Å².